The maximum atomic E-state index is 12.1. The number of rotatable bonds is 5. The second-order valence-corrected chi connectivity index (χ2v) is 5.12. The van der Waals surface area contributed by atoms with Crippen molar-refractivity contribution in [2.24, 2.45) is 5.73 Å². The Morgan fingerprint density at radius 2 is 2.16 bits per heavy atom. The summed E-state index contributed by atoms with van der Waals surface area (Å²) >= 11 is 0. The zero-order chi connectivity index (χ0) is 13.7. The summed E-state index contributed by atoms with van der Waals surface area (Å²) in [6, 6.07) is 9.45. The molecule has 0 bridgehead atoms. The molecule has 2 unspecified atom stereocenters. The molecule has 0 spiro atoms. The molecule has 0 aromatic heterocycles. The summed E-state index contributed by atoms with van der Waals surface area (Å²) in [6.45, 7) is 0. The molecule has 104 valence electrons. The van der Waals surface area contributed by atoms with Crippen LogP contribution < -0.4 is 11.1 Å². The van der Waals surface area contributed by atoms with Crippen molar-refractivity contribution in [2.75, 3.05) is 7.11 Å². The Labute approximate surface area is 114 Å². The fourth-order valence-electron chi connectivity index (χ4n) is 2.62. The number of carbonyl (C=O) groups is 1. The van der Waals surface area contributed by atoms with Crippen LogP contribution in [0.3, 0.4) is 0 Å². The zero-order valence-corrected chi connectivity index (χ0v) is 11.3. The highest BCUT2D eigenvalue weighted by Gasteiger charge is 2.29. The lowest BCUT2D eigenvalue weighted by molar-refractivity contribution is -0.123. The number of nitrogens with one attached hydrogen (secondary N) is 1. The van der Waals surface area contributed by atoms with Gasteiger partial charge in [0.15, 0.2) is 0 Å². The first-order valence-electron chi connectivity index (χ1n) is 6.83. The van der Waals surface area contributed by atoms with E-state index in [4.69, 9.17) is 10.5 Å². The van der Waals surface area contributed by atoms with Crippen LogP contribution in [0.5, 0.6) is 0 Å². The molecule has 0 saturated heterocycles. The molecule has 2 rings (SSSR count). The molecule has 0 radical (unpaired) electrons. The van der Waals surface area contributed by atoms with Crippen LogP contribution in [0.4, 0.5) is 0 Å². The minimum atomic E-state index is -0.500. The van der Waals surface area contributed by atoms with E-state index >= 15 is 0 Å². The van der Waals surface area contributed by atoms with Crippen LogP contribution in [0, 0.1) is 0 Å². The van der Waals surface area contributed by atoms with E-state index in [1.807, 2.05) is 30.3 Å². The molecule has 3 N–H and O–H groups in total. The number of ether oxygens (including phenoxy) is 1. The highest BCUT2D eigenvalue weighted by atomic mass is 16.5. The van der Waals surface area contributed by atoms with Crippen molar-refractivity contribution in [1.82, 2.24) is 5.32 Å². The van der Waals surface area contributed by atoms with E-state index in [9.17, 15) is 4.79 Å². The zero-order valence-electron chi connectivity index (χ0n) is 11.3. The number of carbonyl (C=O) groups excluding carboxylic acids is 1. The Bertz CT molecular complexity index is 408. The SMILES string of the molecule is COC1CCCC1NC(=O)[C@H](N)Cc1ccccc1. The topological polar surface area (TPSA) is 64.3 Å². The number of hydrogen-bond acceptors (Lipinski definition) is 3. The van der Waals surface area contributed by atoms with Crippen LogP contribution in [-0.4, -0.2) is 31.2 Å². The Kier molecular flexibility index (Phi) is 4.93. The largest absolute Gasteiger partial charge is 0.379 e. The van der Waals surface area contributed by atoms with Crippen molar-refractivity contribution >= 4 is 5.91 Å². The maximum Gasteiger partial charge on any atom is 0.237 e. The van der Waals surface area contributed by atoms with Crippen LogP contribution in [0.1, 0.15) is 24.8 Å². The normalized spacial score (nSPS) is 24.1. The van der Waals surface area contributed by atoms with Gasteiger partial charge in [0.05, 0.1) is 18.2 Å². The molecular formula is C15H22N2O2. The van der Waals surface area contributed by atoms with E-state index in [2.05, 4.69) is 5.32 Å². The highest BCUT2D eigenvalue weighted by Crippen LogP contribution is 2.21. The lowest BCUT2D eigenvalue weighted by Gasteiger charge is -2.21. The summed E-state index contributed by atoms with van der Waals surface area (Å²) in [6.07, 6.45) is 3.78. The molecule has 1 aromatic rings. The minimum absolute atomic E-state index is 0.0854. The quantitative estimate of drug-likeness (QED) is 0.839. The molecule has 1 fully saturated rings. The molecule has 1 saturated carbocycles. The summed E-state index contributed by atoms with van der Waals surface area (Å²) in [5.41, 5.74) is 7.04. The number of nitrogens with two attached hydrogens (primary N) is 1. The molecule has 4 nitrogen and oxygen atoms in total. The highest BCUT2D eigenvalue weighted by molar-refractivity contribution is 5.82. The van der Waals surface area contributed by atoms with Crippen molar-refractivity contribution in [2.45, 2.75) is 43.9 Å². The molecule has 1 aliphatic rings. The first-order chi connectivity index (χ1) is 9.20. The predicted molar refractivity (Wildman–Crippen MR) is 74.7 cm³/mol. The van der Waals surface area contributed by atoms with Gasteiger partial charge in [0.2, 0.25) is 5.91 Å². The summed E-state index contributed by atoms with van der Waals surface area (Å²) in [5.74, 6) is -0.0854. The predicted octanol–water partition coefficient (Wildman–Crippen LogP) is 1.24. The average Bonchev–Trinajstić information content (AvgIpc) is 2.87. The van der Waals surface area contributed by atoms with E-state index in [1.165, 1.54) is 0 Å². The fourth-order valence-corrected chi connectivity index (χ4v) is 2.62. The molecule has 4 heteroatoms. The number of hydrogen-bond donors (Lipinski definition) is 2. The lowest BCUT2D eigenvalue weighted by atomic mass is 10.1. The first kappa shape index (κ1) is 14.0. The van der Waals surface area contributed by atoms with Gasteiger partial charge in [-0.3, -0.25) is 4.79 Å². The third kappa shape index (κ3) is 3.78. The van der Waals surface area contributed by atoms with E-state index < -0.39 is 6.04 Å². The summed E-state index contributed by atoms with van der Waals surface area (Å²) in [4.78, 5) is 12.1. The van der Waals surface area contributed by atoms with Gasteiger partial charge in [0.25, 0.3) is 0 Å². The number of methoxy groups -OCH3 is 1. The second-order valence-electron chi connectivity index (χ2n) is 5.12. The molecule has 0 heterocycles. The van der Waals surface area contributed by atoms with Crippen molar-refractivity contribution in [3.05, 3.63) is 35.9 Å². The Morgan fingerprint density at radius 3 is 2.84 bits per heavy atom. The van der Waals surface area contributed by atoms with Gasteiger partial charge in [-0.25, -0.2) is 0 Å². The smallest absolute Gasteiger partial charge is 0.237 e. The van der Waals surface area contributed by atoms with Gasteiger partial charge >= 0.3 is 0 Å². The Hall–Kier alpha value is -1.39. The summed E-state index contributed by atoms with van der Waals surface area (Å²) in [5, 5.41) is 3.01. The maximum absolute atomic E-state index is 12.1. The van der Waals surface area contributed by atoms with Crippen molar-refractivity contribution in [3.63, 3.8) is 0 Å². The van der Waals surface area contributed by atoms with Crippen LogP contribution in [0.15, 0.2) is 30.3 Å². The minimum Gasteiger partial charge on any atom is -0.379 e. The molecule has 3 atom stereocenters. The third-order valence-electron chi connectivity index (χ3n) is 3.72. The third-order valence-corrected chi connectivity index (χ3v) is 3.72. The van der Waals surface area contributed by atoms with E-state index in [0.717, 1.165) is 24.8 Å². The molecule has 1 aliphatic carbocycles. The Morgan fingerprint density at radius 1 is 1.42 bits per heavy atom. The van der Waals surface area contributed by atoms with Crippen LogP contribution in [0.25, 0.3) is 0 Å². The molecule has 19 heavy (non-hydrogen) atoms. The molecule has 1 aromatic carbocycles. The monoisotopic (exact) mass is 262 g/mol. The second kappa shape index (κ2) is 6.68. The van der Waals surface area contributed by atoms with Gasteiger partial charge in [-0.2, -0.15) is 0 Å². The van der Waals surface area contributed by atoms with Crippen LogP contribution in [-0.2, 0) is 16.0 Å². The summed E-state index contributed by atoms with van der Waals surface area (Å²) in [7, 11) is 1.69. The van der Waals surface area contributed by atoms with Gasteiger partial charge in [-0.1, -0.05) is 30.3 Å². The van der Waals surface area contributed by atoms with Gasteiger partial charge < -0.3 is 15.8 Å². The average molecular weight is 262 g/mol. The number of benzene rings is 1. The van der Waals surface area contributed by atoms with E-state index in [0.29, 0.717) is 6.42 Å². The van der Waals surface area contributed by atoms with Crippen molar-refractivity contribution in [3.8, 4) is 0 Å². The van der Waals surface area contributed by atoms with Gasteiger partial charge in [-0.05, 0) is 31.2 Å². The Balaban J connectivity index is 1.85. The number of amides is 1. The fraction of sp³-hybridized carbons (Fsp3) is 0.533. The lowest BCUT2D eigenvalue weighted by Crippen LogP contribution is -2.49. The standard InChI is InChI=1S/C15H22N2O2/c1-19-14-9-5-8-13(14)17-15(18)12(16)10-11-6-3-2-4-7-11/h2-4,6-7,12-14H,5,8-10,16H2,1H3,(H,17,18)/t12-,13?,14?/m1/s1. The van der Waals surface area contributed by atoms with E-state index in [1.54, 1.807) is 7.11 Å². The van der Waals surface area contributed by atoms with Gasteiger partial charge in [0, 0.05) is 7.11 Å². The van der Waals surface area contributed by atoms with Crippen LogP contribution in [0.2, 0.25) is 0 Å². The molecule has 0 aliphatic heterocycles. The van der Waals surface area contributed by atoms with Crippen molar-refractivity contribution < 1.29 is 9.53 Å². The molecule has 1 amide bonds. The molecular weight excluding hydrogens is 240 g/mol. The van der Waals surface area contributed by atoms with Gasteiger partial charge in [-0.15, -0.1) is 0 Å². The van der Waals surface area contributed by atoms with Crippen molar-refractivity contribution in [1.29, 1.82) is 0 Å². The van der Waals surface area contributed by atoms with E-state index in [-0.39, 0.29) is 18.1 Å². The summed E-state index contributed by atoms with van der Waals surface area (Å²) < 4.78 is 5.37. The van der Waals surface area contributed by atoms with Gasteiger partial charge in [0.1, 0.15) is 0 Å². The van der Waals surface area contributed by atoms with Crippen LogP contribution >= 0.6 is 0 Å². The first-order valence-corrected chi connectivity index (χ1v) is 6.83.